The van der Waals surface area contributed by atoms with Crippen LogP contribution < -0.4 is 9.50 Å². The van der Waals surface area contributed by atoms with Crippen LogP contribution in [0.3, 0.4) is 0 Å². The summed E-state index contributed by atoms with van der Waals surface area (Å²) in [5.41, 5.74) is 0.703. The first-order valence-electron chi connectivity index (χ1n) is 8.18. The van der Waals surface area contributed by atoms with Gasteiger partial charge in [0.25, 0.3) is 0 Å². The van der Waals surface area contributed by atoms with Gasteiger partial charge >= 0.3 is 10.1 Å². The Bertz CT molecular complexity index is 1020. The van der Waals surface area contributed by atoms with Crippen LogP contribution in [0, 0.1) is 0 Å². The number of benzene rings is 2. The highest BCUT2D eigenvalue weighted by Gasteiger charge is 2.32. The molecule has 28 heavy (non-hydrogen) atoms. The van der Waals surface area contributed by atoms with E-state index in [1.165, 1.54) is 54.9 Å². The van der Waals surface area contributed by atoms with Crippen LogP contribution in [0.4, 0.5) is 0 Å². The van der Waals surface area contributed by atoms with E-state index in [0.717, 1.165) is 0 Å². The van der Waals surface area contributed by atoms with Crippen molar-refractivity contribution in [3.63, 3.8) is 0 Å². The summed E-state index contributed by atoms with van der Waals surface area (Å²) in [6.07, 6.45) is 0. The molecule has 0 aromatic heterocycles. The van der Waals surface area contributed by atoms with Gasteiger partial charge in [0, 0.05) is 13.8 Å². The van der Waals surface area contributed by atoms with Crippen LogP contribution in [0.2, 0.25) is 0 Å². The summed E-state index contributed by atoms with van der Waals surface area (Å²) in [4.78, 5) is 23.2. The quantitative estimate of drug-likeness (QED) is 0.763. The van der Waals surface area contributed by atoms with Gasteiger partial charge in [-0.2, -0.15) is 8.42 Å². The van der Waals surface area contributed by atoms with Crippen molar-refractivity contribution < 1.29 is 22.2 Å². The Morgan fingerprint density at radius 3 is 2.29 bits per heavy atom. The Morgan fingerprint density at radius 2 is 1.71 bits per heavy atom. The number of thioether (sulfide) groups is 1. The molecule has 8 nitrogen and oxygen atoms in total. The Labute approximate surface area is 166 Å². The Hall–Kier alpha value is -2.85. The molecule has 1 aliphatic heterocycles. The van der Waals surface area contributed by atoms with Crippen LogP contribution in [0.25, 0.3) is 0 Å². The van der Waals surface area contributed by atoms with Crippen molar-refractivity contribution in [3.8, 4) is 5.75 Å². The van der Waals surface area contributed by atoms with Crippen LogP contribution in [0.1, 0.15) is 24.8 Å². The van der Waals surface area contributed by atoms with Gasteiger partial charge in [-0.05, 0) is 29.8 Å². The predicted molar refractivity (Wildman–Crippen MR) is 105 cm³/mol. The van der Waals surface area contributed by atoms with Crippen molar-refractivity contribution in [2.45, 2.75) is 24.1 Å². The van der Waals surface area contributed by atoms with E-state index in [4.69, 9.17) is 4.18 Å². The van der Waals surface area contributed by atoms with Gasteiger partial charge in [0.1, 0.15) is 16.0 Å². The summed E-state index contributed by atoms with van der Waals surface area (Å²) in [6, 6.07) is 14.1. The molecule has 2 aromatic carbocycles. The summed E-state index contributed by atoms with van der Waals surface area (Å²) in [7, 11) is -3.93. The average Bonchev–Trinajstić information content (AvgIpc) is 3.06. The molecule has 3 rings (SSSR count). The fourth-order valence-corrected chi connectivity index (χ4v) is 4.52. The smallest absolute Gasteiger partial charge is 0.339 e. The molecule has 1 unspecified atom stereocenters. The lowest BCUT2D eigenvalue weighted by Crippen LogP contribution is -2.25. The maximum absolute atomic E-state index is 12.3. The normalized spacial score (nSPS) is 16.4. The van der Waals surface area contributed by atoms with Crippen molar-refractivity contribution in [1.29, 1.82) is 0 Å². The van der Waals surface area contributed by atoms with E-state index in [-0.39, 0.29) is 22.5 Å². The summed E-state index contributed by atoms with van der Waals surface area (Å²) in [5, 5.41) is 7.78. The monoisotopic (exact) mass is 419 g/mol. The van der Waals surface area contributed by atoms with E-state index < -0.39 is 15.5 Å². The van der Waals surface area contributed by atoms with E-state index in [9.17, 15) is 18.0 Å². The van der Waals surface area contributed by atoms with Crippen molar-refractivity contribution in [3.05, 3.63) is 60.2 Å². The van der Waals surface area contributed by atoms with Gasteiger partial charge < -0.3 is 9.50 Å². The largest absolute Gasteiger partial charge is 0.379 e. The molecule has 0 aliphatic carbocycles. The molecule has 0 fully saturated rings. The number of carbonyl (C=O) groups excluding carboxylic acids is 2. The van der Waals surface area contributed by atoms with Crippen LogP contribution in [0.5, 0.6) is 5.75 Å². The standard InChI is InChI=1S/C18H17N3O5S2/c1-12(22)19-18-20-21(13(2)23)17(27-18)14-8-10-15(11-9-14)26-28(24,25)16-6-4-3-5-7-16/h3-11,17H,1-2H3,(H,19,20,22). The molecule has 2 amide bonds. The third-order valence-corrected chi connectivity index (χ3v) is 6.02. The van der Waals surface area contributed by atoms with Crippen molar-refractivity contribution >= 4 is 38.9 Å². The lowest BCUT2D eigenvalue weighted by Gasteiger charge is -2.19. The number of hydrogen-bond donors (Lipinski definition) is 1. The number of amides is 2. The second-order valence-electron chi connectivity index (χ2n) is 5.84. The molecule has 0 spiro atoms. The number of amidine groups is 1. The van der Waals surface area contributed by atoms with Crippen molar-refractivity contribution in [2.24, 2.45) is 5.10 Å². The summed E-state index contributed by atoms with van der Waals surface area (Å²) < 4.78 is 29.7. The minimum absolute atomic E-state index is 0.0570. The van der Waals surface area contributed by atoms with Gasteiger partial charge in [0.2, 0.25) is 11.8 Å². The molecule has 0 radical (unpaired) electrons. The van der Waals surface area contributed by atoms with Crippen molar-refractivity contribution in [2.75, 3.05) is 0 Å². The van der Waals surface area contributed by atoms with Crippen LogP contribution in [-0.2, 0) is 19.7 Å². The SMILES string of the molecule is CC(=O)NC1=NN(C(C)=O)C(c2ccc(OS(=O)(=O)c3ccccc3)cc2)S1. The van der Waals surface area contributed by atoms with Crippen LogP contribution in [-0.4, -0.2) is 30.4 Å². The lowest BCUT2D eigenvalue weighted by atomic mass is 10.2. The molecule has 1 atom stereocenters. The second kappa shape index (κ2) is 8.03. The first-order chi connectivity index (χ1) is 13.3. The van der Waals surface area contributed by atoms with Gasteiger partial charge in [0.15, 0.2) is 5.17 Å². The fourth-order valence-electron chi connectivity index (χ4n) is 2.43. The number of rotatable bonds is 4. The van der Waals surface area contributed by atoms with E-state index >= 15 is 0 Å². The van der Waals surface area contributed by atoms with Gasteiger partial charge in [-0.3, -0.25) is 9.59 Å². The molecular weight excluding hydrogens is 402 g/mol. The molecule has 0 saturated heterocycles. The molecule has 2 aromatic rings. The van der Waals surface area contributed by atoms with Gasteiger partial charge in [-0.1, -0.05) is 42.1 Å². The number of nitrogens with zero attached hydrogens (tertiary/aromatic N) is 2. The Kier molecular flexibility index (Phi) is 5.71. The number of nitrogens with one attached hydrogen (secondary N) is 1. The number of hydrazone groups is 1. The predicted octanol–water partition coefficient (Wildman–Crippen LogP) is 2.46. The van der Waals surface area contributed by atoms with Crippen LogP contribution in [0.15, 0.2) is 64.6 Å². The van der Waals surface area contributed by atoms with E-state index in [0.29, 0.717) is 10.7 Å². The second-order valence-corrected chi connectivity index (χ2v) is 8.45. The molecule has 1 heterocycles. The highest BCUT2D eigenvalue weighted by molar-refractivity contribution is 8.14. The Morgan fingerprint density at radius 1 is 1.07 bits per heavy atom. The molecule has 0 saturated carbocycles. The molecule has 1 N–H and O–H groups in total. The molecular formula is C18H17N3O5S2. The molecule has 146 valence electrons. The molecule has 1 aliphatic rings. The third kappa shape index (κ3) is 4.52. The topological polar surface area (TPSA) is 105 Å². The van der Waals surface area contributed by atoms with Crippen LogP contribution >= 0.6 is 11.8 Å². The van der Waals surface area contributed by atoms with Gasteiger partial charge in [-0.25, -0.2) is 5.01 Å². The number of carbonyl (C=O) groups is 2. The summed E-state index contributed by atoms with van der Waals surface area (Å²) in [6.45, 7) is 2.73. The van der Waals surface area contributed by atoms with E-state index in [1.54, 1.807) is 30.3 Å². The average molecular weight is 419 g/mol. The lowest BCUT2D eigenvalue weighted by molar-refractivity contribution is -0.129. The zero-order valence-electron chi connectivity index (χ0n) is 15.0. The third-order valence-electron chi connectivity index (χ3n) is 3.65. The molecule has 10 heteroatoms. The van der Waals surface area contributed by atoms with E-state index in [1.807, 2.05) is 0 Å². The Balaban J connectivity index is 1.77. The zero-order valence-corrected chi connectivity index (χ0v) is 16.7. The highest BCUT2D eigenvalue weighted by Crippen LogP contribution is 2.39. The van der Waals surface area contributed by atoms with Gasteiger partial charge in [-0.15, -0.1) is 5.10 Å². The summed E-state index contributed by atoms with van der Waals surface area (Å²) >= 11 is 1.21. The first-order valence-corrected chi connectivity index (χ1v) is 10.5. The maximum atomic E-state index is 12.3. The minimum Gasteiger partial charge on any atom is -0.379 e. The van der Waals surface area contributed by atoms with E-state index in [2.05, 4.69) is 10.4 Å². The number of hydrogen-bond acceptors (Lipinski definition) is 7. The van der Waals surface area contributed by atoms with Gasteiger partial charge in [0.05, 0.1) is 0 Å². The zero-order chi connectivity index (χ0) is 20.3. The van der Waals surface area contributed by atoms with Crippen molar-refractivity contribution in [1.82, 2.24) is 10.3 Å². The molecule has 0 bridgehead atoms. The maximum Gasteiger partial charge on any atom is 0.339 e. The fraction of sp³-hybridized carbons (Fsp3) is 0.167. The minimum atomic E-state index is -3.93. The first kappa shape index (κ1) is 19.9. The highest BCUT2D eigenvalue weighted by atomic mass is 32.2. The summed E-state index contributed by atoms with van der Waals surface area (Å²) in [5.74, 6) is -0.428.